The largest absolute Gasteiger partial charge is 0.495 e. The molecule has 0 aliphatic carbocycles. The molecular weight excluding hydrogens is 376 g/mol. The highest BCUT2D eigenvalue weighted by Gasteiger charge is 2.22. The summed E-state index contributed by atoms with van der Waals surface area (Å²) in [4.78, 5) is 14.7. The van der Waals surface area contributed by atoms with E-state index >= 15 is 0 Å². The first-order chi connectivity index (χ1) is 13.6. The van der Waals surface area contributed by atoms with Gasteiger partial charge >= 0.3 is 0 Å². The van der Waals surface area contributed by atoms with Crippen LogP contribution in [0.4, 0.5) is 5.69 Å². The first-order valence-corrected chi connectivity index (χ1v) is 9.94. The maximum Gasteiger partial charge on any atom is 0.238 e. The van der Waals surface area contributed by atoms with Crippen molar-refractivity contribution in [3.63, 3.8) is 0 Å². The minimum Gasteiger partial charge on any atom is -0.495 e. The van der Waals surface area contributed by atoms with Crippen LogP contribution in [0, 0.1) is 5.92 Å². The first kappa shape index (κ1) is 20.5. The molecule has 1 aliphatic heterocycles. The molecule has 5 nitrogen and oxygen atoms in total. The fraction of sp³-hybridized carbons (Fsp3) is 0.409. The molecule has 3 rings (SSSR count). The number of amides is 1. The third-order valence-corrected chi connectivity index (χ3v) is 5.48. The smallest absolute Gasteiger partial charge is 0.238 e. The van der Waals surface area contributed by atoms with Gasteiger partial charge < -0.3 is 14.8 Å². The molecule has 1 amide bonds. The second-order valence-electron chi connectivity index (χ2n) is 7.14. The molecule has 0 atom stereocenters. The van der Waals surface area contributed by atoms with Gasteiger partial charge in [0.25, 0.3) is 0 Å². The number of rotatable bonds is 7. The Hall–Kier alpha value is -2.24. The molecular formula is C22H27ClN2O3. The molecule has 150 valence electrons. The predicted octanol–water partition coefficient (Wildman–Crippen LogP) is 4.25. The second-order valence-corrected chi connectivity index (χ2v) is 7.55. The molecule has 1 fully saturated rings. The molecule has 0 unspecified atom stereocenters. The molecule has 1 aliphatic rings. The Morgan fingerprint density at radius 1 is 1.11 bits per heavy atom. The fourth-order valence-corrected chi connectivity index (χ4v) is 3.88. The lowest BCUT2D eigenvalue weighted by atomic mass is 9.90. The maximum atomic E-state index is 12.5. The lowest BCUT2D eigenvalue weighted by molar-refractivity contribution is -0.117. The number of hydrogen-bond donors (Lipinski definition) is 1. The van der Waals surface area contributed by atoms with Crippen LogP contribution in [-0.2, 0) is 11.2 Å². The molecule has 0 aromatic heterocycles. The lowest BCUT2D eigenvalue weighted by Gasteiger charge is -2.31. The zero-order chi connectivity index (χ0) is 19.9. The van der Waals surface area contributed by atoms with Gasteiger partial charge in [0.2, 0.25) is 5.91 Å². The first-order valence-electron chi connectivity index (χ1n) is 9.56. The van der Waals surface area contributed by atoms with Crippen LogP contribution in [-0.4, -0.2) is 44.7 Å². The lowest BCUT2D eigenvalue weighted by Crippen LogP contribution is -2.39. The topological polar surface area (TPSA) is 50.8 Å². The van der Waals surface area contributed by atoms with Crippen molar-refractivity contribution in [1.82, 2.24) is 4.90 Å². The number of nitrogens with zero attached hydrogens (tertiary/aromatic N) is 1. The van der Waals surface area contributed by atoms with Gasteiger partial charge in [0.15, 0.2) is 0 Å². The van der Waals surface area contributed by atoms with E-state index in [9.17, 15) is 4.79 Å². The standard InChI is InChI=1S/C22H27ClN2O3/c1-27-20-14-19(21(28-2)13-18(20)23)24-22(26)15-25-10-8-17(9-11-25)12-16-6-4-3-5-7-16/h3-7,13-14,17H,8-12,15H2,1-2H3,(H,24,26). The molecule has 0 spiro atoms. The number of methoxy groups -OCH3 is 2. The van der Waals surface area contributed by atoms with Gasteiger partial charge in [0.1, 0.15) is 11.5 Å². The summed E-state index contributed by atoms with van der Waals surface area (Å²) in [5, 5.41) is 3.36. The normalized spacial score (nSPS) is 15.2. The number of piperidine rings is 1. The third kappa shape index (κ3) is 5.40. The van der Waals surface area contributed by atoms with Crippen LogP contribution < -0.4 is 14.8 Å². The highest BCUT2D eigenvalue weighted by molar-refractivity contribution is 6.32. The van der Waals surface area contributed by atoms with Crippen molar-refractivity contribution >= 4 is 23.2 Å². The molecule has 2 aromatic carbocycles. The summed E-state index contributed by atoms with van der Waals surface area (Å²) in [5.41, 5.74) is 1.95. The monoisotopic (exact) mass is 402 g/mol. The molecule has 0 bridgehead atoms. The highest BCUT2D eigenvalue weighted by atomic mass is 35.5. The number of halogens is 1. The third-order valence-electron chi connectivity index (χ3n) is 5.19. The number of nitrogens with one attached hydrogen (secondary N) is 1. The Morgan fingerprint density at radius 2 is 1.79 bits per heavy atom. The zero-order valence-electron chi connectivity index (χ0n) is 16.4. The molecule has 0 radical (unpaired) electrons. The fourth-order valence-electron chi connectivity index (χ4n) is 3.65. The van der Waals surface area contributed by atoms with Crippen molar-refractivity contribution < 1.29 is 14.3 Å². The van der Waals surface area contributed by atoms with Gasteiger partial charge in [-0.2, -0.15) is 0 Å². The van der Waals surface area contributed by atoms with Crippen LogP contribution in [0.3, 0.4) is 0 Å². The van der Waals surface area contributed by atoms with Gasteiger partial charge in [-0.25, -0.2) is 0 Å². The van der Waals surface area contributed by atoms with Crippen LogP contribution >= 0.6 is 11.6 Å². The van der Waals surface area contributed by atoms with Crippen molar-refractivity contribution in [1.29, 1.82) is 0 Å². The van der Waals surface area contributed by atoms with Crippen LogP contribution in [0.5, 0.6) is 11.5 Å². The molecule has 1 saturated heterocycles. The SMILES string of the molecule is COc1cc(NC(=O)CN2CCC(Cc3ccccc3)CC2)c(OC)cc1Cl. The van der Waals surface area contributed by atoms with E-state index in [0.29, 0.717) is 34.7 Å². The van der Waals surface area contributed by atoms with Crippen molar-refractivity contribution in [2.24, 2.45) is 5.92 Å². The van der Waals surface area contributed by atoms with Gasteiger partial charge in [-0.3, -0.25) is 9.69 Å². The highest BCUT2D eigenvalue weighted by Crippen LogP contribution is 2.35. The van der Waals surface area contributed by atoms with E-state index in [4.69, 9.17) is 21.1 Å². The summed E-state index contributed by atoms with van der Waals surface area (Å²) in [6, 6.07) is 13.9. The Kier molecular flexibility index (Phi) is 7.18. The van der Waals surface area contributed by atoms with E-state index in [1.165, 1.54) is 5.56 Å². The summed E-state index contributed by atoms with van der Waals surface area (Å²) in [6.07, 6.45) is 3.34. The van der Waals surface area contributed by atoms with E-state index in [1.54, 1.807) is 26.4 Å². The van der Waals surface area contributed by atoms with E-state index in [1.807, 2.05) is 0 Å². The van der Waals surface area contributed by atoms with Crippen LogP contribution in [0.1, 0.15) is 18.4 Å². The summed E-state index contributed by atoms with van der Waals surface area (Å²) >= 11 is 6.12. The van der Waals surface area contributed by atoms with Gasteiger partial charge in [0.05, 0.1) is 31.5 Å². The van der Waals surface area contributed by atoms with Crippen molar-refractivity contribution in [3.05, 3.63) is 53.1 Å². The summed E-state index contributed by atoms with van der Waals surface area (Å²) in [5.74, 6) is 1.63. The number of hydrogen-bond acceptors (Lipinski definition) is 4. The number of carbonyl (C=O) groups excluding carboxylic acids is 1. The Labute approximate surface area is 171 Å². The van der Waals surface area contributed by atoms with E-state index in [-0.39, 0.29) is 5.91 Å². The Bertz CT molecular complexity index is 790. The van der Waals surface area contributed by atoms with Crippen molar-refractivity contribution in [2.75, 3.05) is 39.2 Å². The van der Waals surface area contributed by atoms with Crippen molar-refractivity contribution in [3.8, 4) is 11.5 Å². The molecule has 2 aromatic rings. The van der Waals surface area contributed by atoms with Crippen molar-refractivity contribution in [2.45, 2.75) is 19.3 Å². The molecule has 1 heterocycles. The number of anilines is 1. The number of carbonyl (C=O) groups is 1. The van der Waals surface area contributed by atoms with Gasteiger partial charge in [0, 0.05) is 12.1 Å². The quantitative estimate of drug-likeness (QED) is 0.752. The number of benzene rings is 2. The zero-order valence-corrected chi connectivity index (χ0v) is 17.2. The molecule has 1 N–H and O–H groups in total. The average molecular weight is 403 g/mol. The summed E-state index contributed by atoms with van der Waals surface area (Å²) in [6.45, 7) is 2.24. The Morgan fingerprint density at radius 3 is 2.43 bits per heavy atom. The van der Waals surface area contributed by atoms with Gasteiger partial charge in [-0.15, -0.1) is 0 Å². The molecule has 6 heteroatoms. The van der Waals surface area contributed by atoms with E-state index in [2.05, 4.69) is 40.5 Å². The number of likely N-dealkylation sites (tertiary alicyclic amines) is 1. The minimum atomic E-state index is -0.0656. The van der Waals surface area contributed by atoms with E-state index in [0.717, 1.165) is 32.4 Å². The maximum absolute atomic E-state index is 12.5. The predicted molar refractivity (Wildman–Crippen MR) is 112 cm³/mol. The molecule has 28 heavy (non-hydrogen) atoms. The minimum absolute atomic E-state index is 0.0656. The average Bonchev–Trinajstić information content (AvgIpc) is 2.71. The van der Waals surface area contributed by atoms with Crippen LogP contribution in [0.25, 0.3) is 0 Å². The van der Waals surface area contributed by atoms with Gasteiger partial charge in [-0.05, 0) is 43.8 Å². The molecule has 0 saturated carbocycles. The van der Waals surface area contributed by atoms with Gasteiger partial charge in [-0.1, -0.05) is 41.9 Å². The number of ether oxygens (including phenoxy) is 2. The summed E-state index contributed by atoms with van der Waals surface area (Å²) < 4.78 is 10.5. The summed E-state index contributed by atoms with van der Waals surface area (Å²) in [7, 11) is 3.09. The Balaban J connectivity index is 1.51. The van der Waals surface area contributed by atoms with Crippen LogP contribution in [0.2, 0.25) is 5.02 Å². The van der Waals surface area contributed by atoms with E-state index < -0.39 is 0 Å². The van der Waals surface area contributed by atoms with Crippen LogP contribution in [0.15, 0.2) is 42.5 Å². The second kappa shape index (κ2) is 9.80.